The highest BCUT2D eigenvalue weighted by Crippen LogP contribution is 2.11. The van der Waals surface area contributed by atoms with E-state index in [0.29, 0.717) is 6.42 Å². The van der Waals surface area contributed by atoms with Crippen LogP contribution in [-0.2, 0) is 11.2 Å². The first-order valence-electron chi connectivity index (χ1n) is 7.18. The minimum absolute atomic E-state index is 0. The number of hydrogen-bond donors (Lipinski definition) is 2. The van der Waals surface area contributed by atoms with E-state index in [-0.39, 0.29) is 18.3 Å². The molecule has 0 atom stereocenters. The first-order valence-corrected chi connectivity index (χ1v) is 7.97. The molecule has 0 spiro atoms. The van der Waals surface area contributed by atoms with Gasteiger partial charge < -0.3 is 15.5 Å². The second kappa shape index (κ2) is 10.2. The van der Waals surface area contributed by atoms with Crippen molar-refractivity contribution in [3.63, 3.8) is 0 Å². The molecule has 21 heavy (non-hydrogen) atoms. The van der Waals surface area contributed by atoms with Crippen LogP contribution < -0.4 is 10.6 Å². The van der Waals surface area contributed by atoms with Crippen LogP contribution in [-0.4, -0.2) is 50.1 Å². The van der Waals surface area contributed by atoms with Gasteiger partial charge in [-0.05, 0) is 30.7 Å². The van der Waals surface area contributed by atoms with Crippen LogP contribution in [0.4, 0.5) is 0 Å². The van der Waals surface area contributed by atoms with Gasteiger partial charge in [0.1, 0.15) is 0 Å². The van der Waals surface area contributed by atoms with E-state index in [1.807, 2.05) is 24.3 Å². The lowest BCUT2D eigenvalue weighted by molar-refractivity contribution is -0.120. The summed E-state index contributed by atoms with van der Waals surface area (Å²) in [5.74, 6) is 0.100. The Kier molecular flexibility index (Phi) is 8.92. The summed E-state index contributed by atoms with van der Waals surface area (Å²) in [6, 6.07) is 7.89. The van der Waals surface area contributed by atoms with Crippen molar-refractivity contribution in [2.24, 2.45) is 0 Å². The Hall–Kier alpha value is -0.620. The Morgan fingerprint density at radius 3 is 2.81 bits per heavy atom. The van der Waals surface area contributed by atoms with Crippen molar-refractivity contribution in [1.82, 2.24) is 15.5 Å². The van der Waals surface area contributed by atoms with E-state index < -0.39 is 0 Å². The van der Waals surface area contributed by atoms with E-state index in [4.69, 9.17) is 0 Å². The van der Waals surface area contributed by atoms with Gasteiger partial charge in [-0.15, -0.1) is 12.4 Å². The average molecular weight is 377 g/mol. The summed E-state index contributed by atoms with van der Waals surface area (Å²) in [5.41, 5.74) is 1.04. The number of piperazine rings is 1. The van der Waals surface area contributed by atoms with E-state index >= 15 is 0 Å². The monoisotopic (exact) mass is 375 g/mol. The highest BCUT2D eigenvalue weighted by molar-refractivity contribution is 9.10. The second-order valence-electron chi connectivity index (χ2n) is 5.10. The Morgan fingerprint density at radius 1 is 1.33 bits per heavy atom. The summed E-state index contributed by atoms with van der Waals surface area (Å²) < 4.78 is 1.02. The molecule has 118 valence electrons. The minimum atomic E-state index is 0. The second-order valence-corrected chi connectivity index (χ2v) is 6.02. The molecular weight excluding hydrogens is 354 g/mol. The number of nitrogens with zero attached hydrogens (tertiary/aromatic N) is 1. The Balaban J connectivity index is 0.00000220. The van der Waals surface area contributed by atoms with Crippen LogP contribution in [0.15, 0.2) is 28.7 Å². The van der Waals surface area contributed by atoms with Crippen molar-refractivity contribution in [3.05, 3.63) is 34.3 Å². The van der Waals surface area contributed by atoms with Crippen LogP contribution in [0.2, 0.25) is 0 Å². The van der Waals surface area contributed by atoms with Crippen molar-refractivity contribution < 1.29 is 4.79 Å². The minimum Gasteiger partial charge on any atom is -0.356 e. The highest BCUT2D eigenvalue weighted by Gasteiger charge is 2.09. The van der Waals surface area contributed by atoms with Crippen molar-refractivity contribution >= 4 is 34.2 Å². The summed E-state index contributed by atoms with van der Waals surface area (Å²) in [6.07, 6.45) is 1.47. The largest absolute Gasteiger partial charge is 0.356 e. The first kappa shape index (κ1) is 18.4. The molecule has 1 amide bonds. The Labute approximate surface area is 141 Å². The first-order chi connectivity index (χ1) is 9.74. The van der Waals surface area contributed by atoms with E-state index in [1.165, 1.54) is 0 Å². The molecule has 2 N–H and O–H groups in total. The number of carbonyl (C=O) groups is 1. The van der Waals surface area contributed by atoms with E-state index in [2.05, 4.69) is 31.5 Å². The predicted octanol–water partition coefficient (Wildman–Crippen LogP) is 1.82. The van der Waals surface area contributed by atoms with Crippen LogP contribution in [0.25, 0.3) is 0 Å². The van der Waals surface area contributed by atoms with Gasteiger partial charge in [0.2, 0.25) is 5.91 Å². The zero-order valence-electron chi connectivity index (χ0n) is 12.1. The van der Waals surface area contributed by atoms with E-state index in [9.17, 15) is 4.79 Å². The fourth-order valence-electron chi connectivity index (χ4n) is 2.36. The van der Waals surface area contributed by atoms with Crippen molar-refractivity contribution in [3.8, 4) is 0 Å². The lowest BCUT2D eigenvalue weighted by Crippen LogP contribution is -2.44. The maximum Gasteiger partial charge on any atom is 0.224 e. The maximum atomic E-state index is 11.8. The quantitative estimate of drug-likeness (QED) is 0.745. The zero-order chi connectivity index (χ0) is 14.2. The molecule has 1 aliphatic heterocycles. The fraction of sp³-hybridized carbons (Fsp3) is 0.533. The zero-order valence-corrected chi connectivity index (χ0v) is 14.5. The molecule has 0 saturated carbocycles. The van der Waals surface area contributed by atoms with Gasteiger partial charge in [-0.1, -0.05) is 28.1 Å². The van der Waals surface area contributed by atoms with Gasteiger partial charge in [0.05, 0.1) is 6.42 Å². The lowest BCUT2D eigenvalue weighted by atomic mass is 10.1. The number of amides is 1. The highest BCUT2D eigenvalue weighted by atomic mass is 79.9. The molecule has 0 unspecified atom stereocenters. The van der Waals surface area contributed by atoms with Gasteiger partial charge in [-0.3, -0.25) is 4.79 Å². The van der Waals surface area contributed by atoms with Crippen LogP contribution >= 0.6 is 28.3 Å². The van der Waals surface area contributed by atoms with Gasteiger partial charge >= 0.3 is 0 Å². The third kappa shape index (κ3) is 7.27. The van der Waals surface area contributed by atoms with Crippen LogP contribution in [0, 0.1) is 0 Å². The number of hydrogen-bond acceptors (Lipinski definition) is 3. The fourth-order valence-corrected chi connectivity index (χ4v) is 2.81. The normalized spacial score (nSPS) is 15.3. The van der Waals surface area contributed by atoms with Gasteiger partial charge in [0.15, 0.2) is 0 Å². The summed E-state index contributed by atoms with van der Waals surface area (Å²) >= 11 is 3.42. The van der Waals surface area contributed by atoms with Crippen molar-refractivity contribution in [2.75, 3.05) is 39.3 Å². The van der Waals surface area contributed by atoms with Crippen LogP contribution in [0.3, 0.4) is 0 Å². The van der Waals surface area contributed by atoms with Gasteiger partial charge in [0, 0.05) is 37.2 Å². The molecule has 6 heteroatoms. The summed E-state index contributed by atoms with van der Waals surface area (Å²) in [7, 11) is 0. The van der Waals surface area contributed by atoms with Crippen LogP contribution in [0.1, 0.15) is 12.0 Å². The topological polar surface area (TPSA) is 44.4 Å². The average Bonchev–Trinajstić information content (AvgIpc) is 2.45. The molecular formula is C15H23BrClN3O. The van der Waals surface area contributed by atoms with E-state index in [0.717, 1.165) is 55.7 Å². The molecule has 2 rings (SSSR count). The molecule has 4 nitrogen and oxygen atoms in total. The number of benzene rings is 1. The van der Waals surface area contributed by atoms with Crippen molar-refractivity contribution in [1.29, 1.82) is 0 Å². The molecule has 1 aromatic carbocycles. The third-order valence-corrected chi connectivity index (χ3v) is 3.93. The third-order valence-electron chi connectivity index (χ3n) is 3.44. The summed E-state index contributed by atoms with van der Waals surface area (Å²) in [6.45, 7) is 6.22. The summed E-state index contributed by atoms with van der Waals surface area (Å²) in [4.78, 5) is 14.3. The Morgan fingerprint density at radius 2 is 2.10 bits per heavy atom. The smallest absolute Gasteiger partial charge is 0.224 e. The molecule has 1 saturated heterocycles. The van der Waals surface area contributed by atoms with Gasteiger partial charge in [0.25, 0.3) is 0 Å². The number of rotatable bonds is 6. The molecule has 0 radical (unpaired) electrons. The molecule has 1 aromatic rings. The summed E-state index contributed by atoms with van der Waals surface area (Å²) in [5, 5.41) is 6.33. The predicted molar refractivity (Wildman–Crippen MR) is 92.0 cm³/mol. The lowest BCUT2D eigenvalue weighted by Gasteiger charge is -2.27. The molecule has 1 heterocycles. The molecule has 0 aliphatic carbocycles. The van der Waals surface area contributed by atoms with Gasteiger partial charge in [-0.25, -0.2) is 0 Å². The Bertz CT molecular complexity index is 439. The van der Waals surface area contributed by atoms with Crippen LogP contribution in [0.5, 0.6) is 0 Å². The molecule has 1 fully saturated rings. The standard InChI is InChI=1S/C15H22BrN3O.ClH/c16-14-4-1-3-13(11-14)12-15(20)18-5-2-8-19-9-6-17-7-10-19;/h1,3-4,11,17H,2,5-10,12H2,(H,18,20);1H. The number of carbonyl (C=O) groups excluding carboxylic acids is 1. The van der Waals surface area contributed by atoms with E-state index in [1.54, 1.807) is 0 Å². The molecule has 0 bridgehead atoms. The molecule has 0 aromatic heterocycles. The van der Waals surface area contributed by atoms with Gasteiger partial charge in [-0.2, -0.15) is 0 Å². The van der Waals surface area contributed by atoms with Crippen molar-refractivity contribution in [2.45, 2.75) is 12.8 Å². The number of nitrogens with one attached hydrogen (secondary N) is 2. The number of halogens is 2. The SMILES string of the molecule is Cl.O=C(Cc1cccc(Br)c1)NCCCN1CCNCC1. The maximum absolute atomic E-state index is 11.8. The molecule has 1 aliphatic rings.